The fourth-order valence-corrected chi connectivity index (χ4v) is 5.98. The number of hydrogen-bond acceptors (Lipinski definition) is 8. The van der Waals surface area contributed by atoms with Crippen molar-refractivity contribution in [2.75, 3.05) is 14.2 Å². The van der Waals surface area contributed by atoms with E-state index in [1.807, 2.05) is 84.9 Å². The van der Waals surface area contributed by atoms with Gasteiger partial charge in [0.2, 0.25) is 23.6 Å². The third-order valence-corrected chi connectivity index (χ3v) is 8.04. The molecular weight excluding hydrogens is 528 g/mol. The second-order valence-electron chi connectivity index (χ2n) is 10.3. The van der Waals surface area contributed by atoms with Crippen molar-refractivity contribution < 1.29 is 18.3 Å². The molecule has 1 saturated carbocycles. The summed E-state index contributed by atoms with van der Waals surface area (Å²) in [6.45, 7) is 0. The van der Waals surface area contributed by atoms with Crippen molar-refractivity contribution in [1.82, 2.24) is 20.4 Å². The molecule has 8 heteroatoms. The van der Waals surface area contributed by atoms with Gasteiger partial charge in [0.05, 0.1) is 26.1 Å². The van der Waals surface area contributed by atoms with E-state index >= 15 is 0 Å². The summed E-state index contributed by atoms with van der Waals surface area (Å²) in [4.78, 5) is 0. The number of nitrogens with zero attached hydrogens (tertiary/aromatic N) is 4. The van der Waals surface area contributed by atoms with Crippen molar-refractivity contribution in [1.29, 1.82) is 0 Å². The maximum absolute atomic E-state index is 6.39. The van der Waals surface area contributed by atoms with Gasteiger partial charge in [0.25, 0.3) is 0 Å². The zero-order chi connectivity index (χ0) is 28.5. The summed E-state index contributed by atoms with van der Waals surface area (Å²) < 4.78 is 23.7. The van der Waals surface area contributed by atoms with Crippen LogP contribution in [0.25, 0.3) is 22.9 Å². The first kappa shape index (κ1) is 25.7. The van der Waals surface area contributed by atoms with Crippen molar-refractivity contribution in [2.45, 2.75) is 23.7 Å². The van der Waals surface area contributed by atoms with E-state index in [9.17, 15) is 0 Å². The van der Waals surface area contributed by atoms with Gasteiger partial charge in [-0.3, -0.25) is 0 Å². The van der Waals surface area contributed by atoms with Gasteiger partial charge in [-0.1, -0.05) is 60.7 Å². The van der Waals surface area contributed by atoms with E-state index in [0.717, 1.165) is 33.8 Å². The molecule has 1 fully saturated rings. The summed E-state index contributed by atoms with van der Waals surface area (Å²) in [6, 6.07) is 35.8. The smallest absolute Gasteiger partial charge is 0.247 e. The highest BCUT2D eigenvalue weighted by Crippen LogP contribution is 2.66. The van der Waals surface area contributed by atoms with Crippen LogP contribution in [0.4, 0.5) is 0 Å². The standard InChI is InChI=1S/C34H28N4O4/c1-39-25-17-13-21(14-18-25)27-29(33-37-35-31(41-33)23-9-5-3-6-10-23)28(22-15-19-26(40-2)20-16-22)30(27)34-38-36-32(42-34)24-11-7-4-8-12-24/h3-20,27-30H,1-2H3. The number of rotatable bonds is 8. The quantitative estimate of drug-likeness (QED) is 0.193. The van der Waals surface area contributed by atoms with E-state index < -0.39 is 0 Å². The number of methoxy groups -OCH3 is 2. The minimum atomic E-state index is -0.145. The normalized spacial score (nSPS) is 19.7. The van der Waals surface area contributed by atoms with Crippen molar-refractivity contribution >= 4 is 0 Å². The van der Waals surface area contributed by atoms with Crippen LogP contribution in [0.3, 0.4) is 0 Å². The Morgan fingerprint density at radius 3 is 1.19 bits per heavy atom. The summed E-state index contributed by atoms with van der Waals surface area (Å²) in [7, 11) is 3.33. The van der Waals surface area contributed by atoms with E-state index in [4.69, 9.17) is 18.3 Å². The van der Waals surface area contributed by atoms with Crippen LogP contribution in [-0.2, 0) is 0 Å². The van der Waals surface area contributed by atoms with E-state index in [1.165, 1.54) is 0 Å². The van der Waals surface area contributed by atoms with Crippen LogP contribution < -0.4 is 9.47 Å². The molecule has 0 aliphatic heterocycles. The van der Waals surface area contributed by atoms with E-state index in [0.29, 0.717) is 23.6 Å². The Hall–Kier alpha value is -5.24. The molecule has 4 aromatic carbocycles. The number of aromatic nitrogens is 4. The van der Waals surface area contributed by atoms with Crippen LogP contribution in [0.5, 0.6) is 11.5 Å². The molecule has 0 bridgehead atoms. The number of ether oxygens (including phenoxy) is 2. The maximum atomic E-state index is 6.39. The minimum absolute atomic E-state index is 0.0730. The summed E-state index contributed by atoms with van der Waals surface area (Å²) in [5.74, 6) is 3.23. The van der Waals surface area contributed by atoms with Crippen LogP contribution in [0.15, 0.2) is 118 Å². The minimum Gasteiger partial charge on any atom is -0.497 e. The van der Waals surface area contributed by atoms with Gasteiger partial charge in [-0.25, -0.2) is 0 Å². The van der Waals surface area contributed by atoms with Gasteiger partial charge in [0.1, 0.15) is 11.5 Å². The molecule has 0 radical (unpaired) electrons. The average Bonchev–Trinajstić information content (AvgIpc) is 3.73. The lowest BCUT2D eigenvalue weighted by atomic mass is 9.52. The topological polar surface area (TPSA) is 96.3 Å². The molecular formula is C34H28N4O4. The van der Waals surface area contributed by atoms with Gasteiger partial charge in [0, 0.05) is 23.0 Å². The van der Waals surface area contributed by atoms with Gasteiger partial charge in [-0.2, -0.15) is 0 Å². The molecule has 0 saturated heterocycles. The van der Waals surface area contributed by atoms with Crippen molar-refractivity contribution in [2.24, 2.45) is 0 Å². The zero-order valence-corrected chi connectivity index (χ0v) is 23.1. The number of benzene rings is 4. The molecule has 0 amide bonds. The molecule has 2 heterocycles. The predicted octanol–water partition coefficient (Wildman–Crippen LogP) is 7.25. The summed E-state index contributed by atoms with van der Waals surface area (Å²) in [6.07, 6.45) is 0. The summed E-state index contributed by atoms with van der Waals surface area (Å²) in [5, 5.41) is 18.0. The highest BCUT2D eigenvalue weighted by Gasteiger charge is 2.57. The number of hydrogen-bond donors (Lipinski definition) is 0. The lowest BCUT2D eigenvalue weighted by molar-refractivity contribution is 0.169. The molecule has 0 unspecified atom stereocenters. The molecule has 7 rings (SSSR count). The third-order valence-electron chi connectivity index (χ3n) is 8.04. The second-order valence-corrected chi connectivity index (χ2v) is 10.3. The molecule has 0 N–H and O–H groups in total. The Labute approximate surface area is 243 Å². The third kappa shape index (κ3) is 4.60. The molecule has 1 aliphatic rings. The highest BCUT2D eigenvalue weighted by atomic mass is 16.5. The van der Waals surface area contributed by atoms with Crippen LogP contribution in [-0.4, -0.2) is 34.6 Å². The molecule has 0 atom stereocenters. The molecule has 8 nitrogen and oxygen atoms in total. The monoisotopic (exact) mass is 556 g/mol. The van der Waals surface area contributed by atoms with Gasteiger partial charge in [0.15, 0.2) is 0 Å². The van der Waals surface area contributed by atoms with Gasteiger partial charge in [-0.15, -0.1) is 20.4 Å². The Morgan fingerprint density at radius 2 is 0.833 bits per heavy atom. The molecule has 1 aliphatic carbocycles. The van der Waals surface area contributed by atoms with Crippen molar-refractivity contribution in [3.05, 3.63) is 132 Å². The van der Waals surface area contributed by atoms with Gasteiger partial charge in [-0.05, 0) is 59.7 Å². The van der Waals surface area contributed by atoms with Crippen LogP contribution in [0, 0.1) is 0 Å². The van der Waals surface area contributed by atoms with Gasteiger partial charge < -0.3 is 18.3 Å². The van der Waals surface area contributed by atoms with Gasteiger partial charge >= 0.3 is 0 Å². The first-order chi connectivity index (χ1) is 20.7. The average molecular weight is 557 g/mol. The van der Waals surface area contributed by atoms with E-state index in [2.05, 4.69) is 44.7 Å². The maximum Gasteiger partial charge on any atom is 0.247 e. The second kappa shape index (κ2) is 11.0. The SMILES string of the molecule is COc1ccc(C2C(c3nnc(-c4ccccc4)o3)C(c3ccc(OC)cc3)C2c2nnc(-c3ccccc3)o2)cc1. The van der Waals surface area contributed by atoms with Crippen LogP contribution in [0.1, 0.15) is 46.6 Å². The lowest BCUT2D eigenvalue weighted by Crippen LogP contribution is -2.40. The lowest BCUT2D eigenvalue weighted by Gasteiger charge is -2.49. The molecule has 208 valence electrons. The Morgan fingerprint density at radius 1 is 0.452 bits per heavy atom. The van der Waals surface area contributed by atoms with Crippen LogP contribution >= 0.6 is 0 Å². The molecule has 6 aromatic rings. The first-order valence-electron chi connectivity index (χ1n) is 13.8. The Kier molecular flexibility index (Phi) is 6.71. The highest BCUT2D eigenvalue weighted by molar-refractivity contribution is 5.54. The first-order valence-corrected chi connectivity index (χ1v) is 13.8. The van der Waals surface area contributed by atoms with E-state index in [1.54, 1.807) is 14.2 Å². The Balaban J connectivity index is 1.36. The fraction of sp³-hybridized carbons (Fsp3) is 0.176. The molecule has 2 aromatic heterocycles. The molecule has 42 heavy (non-hydrogen) atoms. The zero-order valence-electron chi connectivity index (χ0n) is 23.1. The largest absolute Gasteiger partial charge is 0.497 e. The van der Waals surface area contributed by atoms with E-state index in [-0.39, 0.29) is 23.7 Å². The summed E-state index contributed by atoms with van der Waals surface area (Å²) in [5.41, 5.74) is 3.93. The predicted molar refractivity (Wildman–Crippen MR) is 156 cm³/mol. The summed E-state index contributed by atoms with van der Waals surface area (Å²) >= 11 is 0. The Bertz CT molecular complexity index is 1630. The van der Waals surface area contributed by atoms with Crippen molar-refractivity contribution in [3.8, 4) is 34.4 Å². The van der Waals surface area contributed by atoms with Crippen LogP contribution in [0.2, 0.25) is 0 Å². The molecule has 0 spiro atoms. The van der Waals surface area contributed by atoms with Crippen molar-refractivity contribution in [3.63, 3.8) is 0 Å². The fourth-order valence-electron chi connectivity index (χ4n) is 5.98.